The van der Waals surface area contributed by atoms with E-state index in [1.54, 1.807) is 19.2 Å². The number of pyridine rings is 1. The number of rotatable bonds is 4. The minimum atomic E-state index is 0.0296. The van der Waals surface area contributed by atoms with Crippen LogP contribution in [0.25, 0.3) is 0 Å². The zero-order chi connectivity index (χ0) is 23.1. The van der Waals surface area contributed by atoms with E-state index >= 15 is 0 Å². The molecule has 1 saturated carbocycles. The van der Waals surface area contributed by atoms with Crippen LogP contribution < -0.4 is 20.4 Å². The maximum atomic E-state index is 12.9. The highest BCUT2D eigenvalue weighted by Crippen LogP contribution is 2.50. The van der Waals surface area contributed by atoms with E-state index in [-0.39, 0.29) is 23.9 Å². The van der Waals surface area contributed by atoms with E-state index < -0.39 is 0 Å². The Morgan fingerprint density at radius 1 is 1.24 bits per heavy atom. The lowest BCUT2D eigenvalue weighted by molar-refractivity contribution is -0.117. The Labute approximate surface area is 195 Å². The average Bonchev–Trinajstić information content (AvgIpc) is 3.65. The van der Waals surface area contributed by atoms with Crippen molar-refractivity contribution >= 4 is 23.1 Å². The smallest absolute Gasteiger partial charge is 0.224 e. The fourth-order valence-corrected chi connectivity index (χ4v) is 5.62. The van der Waals surface area contributed by atoms with Crippen LogP contribution in [0.2, 0.25) is 0 Å². The molecule has 0 bridgehead atoms. The van der Waals surface area contributed by atoms with E-state index in [4.69, 9.17) is 5.26 Å². The van der Waals surface area contributed by atoms with Crippen molar-refractivity contribution < 1.29 is 4.79 Å². The maximum Gasteiger partial charge on any atom is 0.224 e. The van der Waals surface area contributed by atoms with Gasteiger partial charge in [-0.1, -0.05) is 6.92 Å². The highest BCUT2D eigenvalue weighted by atomic mass is 16.2. The van der Waals surface area contributed by atoms with Crippen LogP contribution in [0.4, 0.5) is 17.2 Å². The first kappa shape index (κ1) is 21.7. The van der Waals surface area contributed by atoms with Crippen molar-refractivity contribution in [1.82, 2.24) is 10.3 Å². The summed E-state index contributed by atoms with van der Waals surface area (Å²) in [6.45, 7) is 9.05. The summed E-state index contributed by atoms with van der Waals surface area (Å²) in [5, 5.41) is 16.3. The topological polar surface area (TPSA) is 84.3 Å². The Balaban J connectivity index is 1.56. The Hall–Kier alpha value is -3.11. The number of hydrogen-bond acceptors (Lipinski definition) is 6. The van der Waals surface area contributed by atoms with Crippen molar-refractivity contribution in [2.45, 2.75) is 51.7 Å². The van der Waals surface area contributed by atoms with Gasteiger partial charge in [-0.2, -0.15) is 5.26 Å². The molecular formula is C26H32N6O. The molecule has 33 heavy (non-hydrogen) atoms. The second-order valence-corrected chi connectivity index (χ2v) is 9.79. The molecule has 1 aromatic carbocycles. The van der Waals surface area contributed by atoms with E-state index in [2.05, 4.69) is 58.6 Å². The summed E-state index contributed by atoms with van der Waals surface area (Å²) in [6, 6.07) is 13.0. The van der Waals surface area contributed by atoms with Crippen molar-refractivity contribution in [3.05, 3.63) is 47.7 Å². The monoisotopic (exact) mass is 444 g/mol. The van der Waals surface area contributed by atoms with Crippen LogP contribution in [0.1, 0.15) is 50.8 Å². The molecule has 1 saturated heterocycles. The summed E-state index contributed by atoms with van der Waals surface area (Å²) in [4.78, 5) is 21.8. The van der Waals surface area contributed by atoms with Crippen LogP contribution in [-0.4, -0.2) is 42.6 Å². The summed E-state index contributed by atoms with van der Waals surface area (Å²) < 4.78 is 0. The molecule has 0 radical (unpaired) electrons. The third-order valence-corrected chi connectivity index (χ3v) is 7.34. The van der Waals surface area contributed by atoms with E-state index in [0.29, 0.717) is 17.5 Å². The van der Waals surface area contributed by atoms with Gasteiger partial charge < -0.3 is 20.4 Å². The average molecular weight is 445 g/mol. The third kappa shape index (κ3) is 4.16. The number of nitrogens with one attached hydrogen (secondary N) is 2. The van der Waals surface area contributed by atoms with E-state index in [0.717, 1.165) is 36.7 Å². The van der Waals surface area contributed by atoms with Gasteiger partial charge in [-0.3, -0.25) is 4.79 Å². The number of benzene rings is 1. The summed E-state index contributed by atoms with van der Waals surface area (Å²) in [7, 11) is 0. The third-order valence-electron chi connectivity index (χ3n) is 7.34. The highest BCUT2D eigenvalue weighted by Gasteiger charge is 2.47. The highest BCUT2D eigenvalue weighted by molar-refractivity contribution is 5.94. The SMILES string of the molecule is CC(=O)N1c2ccc(N3CCN[C@@H](C)C3)cc2C(Nc2ccc(C#N)cn2)[C@@H](C)[C@@H]1C1CC1. The molecule has 3 heterocycles. The predicted molar refractivity (Wildman–Crippen MR) is 130 cm³/mol. The van der Waals surface area contributed by atoms with Crippen molar-refractivity contribution in [1.29, 1.82) is 5.26 Å². The number of carbonyl (C=O) groups is 1. The lowest BCUT2D eigenvalue weighted by atomic mass is 9.79. The Bertz CT molecular complexity index is 1070. The molecule has 7 heteroatoms. The van der Waals surface area contributed by atoms with Gasteiger partial charge in [0.1, 0.15) is 11.9 Å². The molecule has 2 aromatic rings. The van der Waals surface area contributed by atoms with Gasteiger partial charge in [-0.25, -0.2) is 4.98 Å². The van der Waals surface area contributed by atoms with E-state index in [1.807, 2.05) is 11.0 Å². The molecule has 4 atom stereocenters. The molecule has 5 rings (SSSR count). The van der Waals surface area contributed by atoms with E-state index in [9.17, 15) is 4.79 Å². The van der Waals surface area contributed by atoms with Gasteiger partial charge in [0.05, 0.1) is 11.6 Å². The van der Waals surface area contributed by atoms with Crippen LogP contribution in [0.15, 0.2) is 36.5 Å². The number of nitrogens with zero attached hydrogens (tertiary/aromatic N) is 4. The molecule has 1 amide bonds. The number of aromatic nitrogens is 1. The molecule has 1 aliphatic carbocycles. The Morgan fingerprint density at radius 2 is 2.06 bits per heavy atom. The van der Waals surface area contributed by atoms with Crippen molar-refractivity contribution in [2.24, 2.45) is 11.8 Å². The fourth-order valence-electron chi connectivity index (χ4n) is 5.62. The van der Waals surface area contributed by atoms with Gasteiger partial charge in [0.25, 0.3) is 0 Å². The first-order valence-corrected chi connectivity index (χ1v) is 12.0. The minimum Gasteiger partial charge on any atom is -0.369 e. The molecular weight excluding hydrogens is 412 g/mol. The molecule has 1 unspecified atom stereocenters. The van der Waals surface area contributed by atoms with E-state index in [1.165, 1.54) is 18.5 Å². The number of carbonyl (C=O) groups excluding carboxylic acids is 1. The quantitative estimate of drug-likeness (QED) is 0.748. The van der Waals surface area contributed by atoms with Crippen molar-refractivity contribution in [2.75, 3.05) is 34.8 Å². The molecule has 1 aromatic heterocycles. The fraction of sp³-hybridized carbons (Fsp3) is 0.500. The lowest BCUT2D eigenvalue weighted by Gasteiger charge is -2.46. The predicted octanol–water partition coefficient (Wildman–Crippen LogP) is 3.69. The van der Waals surface area contributed by atoms with Gasteiger partial charge in [0.2, 0.25) is 5.91 Å². The second kappa shape index (κ2) is 8.68. The normalized spacial score (nSPS) is 27.0. The van der Waals surface area contributed by atoms with Gasteiger partial charge in [-0.15, -0.1) is 0 Å². The largest absolute Gasteiger partial charge is 0.369 e. The molecule has 3 aliphatic rings. The van der Waals surface area contributed by atoms with Gasteiger partial charge in [-0.05, 0) is 56.0 Å². The zero-order valence-electron chi connectivity index (χ0n) is 19.6. The molecule has 2 N–H and O–H groups in total. The van der Waals surface area contributed by atoms with Crippen molar-refractivity contribution in [3.63, 3.8) is 0 Å². The molecule has 0 spiro atoms. The lowest BCUT2D eigenvalue weighted by Crippen LogP contribution is -2.51. The number of hydrogen-bond donors (Lipinski definition) is 2. The summed E-state index contributed by atoms with van der Waals surface area (Å²) in [6.07, 6.45) is 3.95. The minimum absolute atomic E-state index is 0.0296. The summed E-state index contributed by atoms with van der Waals surface area (Å²) >= 11 is 0. The van der Waals surface area contributed by atoms with Crippen LogP contribution in [0, 0.1) is 23.2 Å². The Morgan fingerprint density at radius 3 is 2.70 bits per heavy atom. The zero-order valence-corrected chi connectivity index (χ0v) is 19.6. The van der Waals surface area contributed by atoms with Crippen molar-refractivity contribution in [3.8, 4) is 6.07 Å². The first-order valence-electron chi connectivity index (χ1n) is 12.0. The Kier molecular flexibility index (Phi) is 5.71. The molecule has 7 nitrogen and oxygen atoms in total. The molecule has 2 fully saturated rings. The summed E-state index contributed by atoms with van der Waals surface area (Å²) in [5.74, 6) is 1.63. The van der Waals surface area contributed by atoms with Crippen LogP contribution in [0.3, 0.4) is 0 Å². The number of piperazine rings is 1. The number of fused-ring (bicyclic) bond motifs is 1. The van der Waals surface area contributed by atoms with Crippen LogP contribution in [-0.2, 0) is 4.79 Å². The maximum absolute atomic E-state index is 12.9. The van der Waals surface area contributed by atoms with Crippen LogP contribution >= 0.6 is 0 Å². The summed E-state index contributed by atoms with van der Waals surface area (Å²) in [5.41, 5.74) is 3.90. The number of nitriles is 1. The van der Waals surface area contributed by atoms with Crippen LogP contribution in [0.5, 0.6) is 0 Å². The molecule has 2 aliphatic heterocycles. The first-order chi connectivity index (χ1) is 16.0. The molecule has 172 valence electrons. The van der Waals surface area contributed by atoms with Gasteiger partial charge >= 0.3 is 0 Å². The van der Waals surface area contributed by atoms with Gasteiger partial charge in [0.15, 0.2) is 0 Å². The number of amides is 1. The number of anilines is 3. The van der Waals surface area contributed by atoms with Gasteiger partial charge in [0, 0.05) is 67.7 Å². The standard InChI is InChI=1S/C26H32N6O/c1-16-15-31(11-10-28-16)21-7-8-23-22(12-21)25(30-24-9-4-19(13-27)14-29-24)17(2)26(20-5-6-20)32(23)18(3)33/h4,7-9,12,14,16-17,20,25-26,28H,5-6,10-11,15H2,1-3H3,(H,29,30)/t16-,17+,25?,26+/m0/s1. The second-order valence-electron chi connectivity index (χ2n) is 9.79.